The van der Waals surface area contributed by atoms with Crippen molar-refractivity contribution in [1.29, 1.82) is 0 Å². The van der Waals surface area contributed by atoms with Gasteiger partial charge in [0.2, 0.25) is 10.0 Å². The number of sulfonamides is 1. The van der Waals surface area contributed by atoms with Crippen molar-refractivity contribution < 1.29 is 31.1 Å². The lowest BCUT2D eigenvalue weighted by Gasteiger charge is -2.15. The number of halogens is 3. The van der Waals surface area contributed by atoms with E-state index in [0.717, 1.165) is 6.07 Å². The molecule has 25 heavy (non-hydrogen) atoms. The van der Waals surface area contributed by atoms with E-state index in [2.05, 4.69) is 5.32 Å². The van der Waals surface area contributed by atoms with Crippen LogP contribution < -0.4 is 19.9 Å². The Morgan fingerprint density at radius 3 is 1.96 bits per heavy atom. The summed E-state index contributed by atoms with van der Waals surface area (Å²) >= 11 is 0. The number of hydrogen-bond acceptors (Lipinski definition) is 5. The Morgan fingerprint density at radius 1 is 0.960 bits per heavy atom. The van der Waals surface area contributed by atoms with Gasteiger partial charge in [-0.15, -0.1) is 0 Å². The molecule has 0 amide bonds. The first-order chi connectivity index (χ1) is 11.5. The van der Waals surface area contributed by atoms with Gasteiger partial charge >= 0.3 is 6.18 Å². The van der Waals surface area contributed by atoms with Crippen molar-refractivity contribution in [2.75, 3.05) is 19.5 Å². The summed E-state index contributed by atoms with van der Waals surface area (Å²) < 4.78 is 72.3. The van der Waals surface area contributed by atoms with Crippen molar-refractivity contribution in [3.8, 4) is 11.5 Å². The van der Waals surface area contributed by atoms with Crippen LogP contribution in [0.2, 0.25) is 0 Å². The molecule has 0 bridgehead atoms. The molecule has 2 aromatic carbocycles. The Hall–Kier alpha value is -2.46. The molecule has 6 nitrogen and oxygen atoms in total. The highest BCUT2D eigenvalue weighted by Gasteiger charge is 2.36. The van der Waals surface area contributed by atoms with Crippen LogP contribution in [0.25, 0.3) is 0 Å². The Bertz CT molecular complexity index is 861. The molecule has 0 saturated carbocycles. The van der Waals surface area contributed by atoms with E-state index in [1.165, 1.54) is 20.3 Å². The lowest BCUT2D eigenvalue weighted by atomic mass is 10.2. The van der Waals surface area contributed by atoms with E-state index in [-0.39, 0.29) is 5.69 Å². The molecule has 0 fully saturated rings. The maximum absolute atomic E-state index is 13.1. The fourth-order valence-electron chi connectivity index (χ4n) is 2.12. The molecule has 0 aliphatic rings. The molecule has 0 aliphatic carbocycles. The first-order valence-electron chi connectivity index (χ1n) is 6.78. The van der Waals surface area contributed by atoms with Crippen LogP contribution >= 0.6 is 0 Å². The third-order valence-corrected chi connectivity index (χ3v) is 4.20. The molecule has 0 radical (unpaired) electrons. The smallest absolute Gasteiger partial charge is 0.417 e. The molecule has 0 spiro atoms. The number of alkyl halides is 3. The van der Waals surface area contributed by atoms with Crippen LogP contribution in [0.4, 0.5) is 24.5 Å². The van der Waals surface area contributed by atoms with E-state index >= 15 is 0 Å². The number of ether oxygens (including phenoxy) is 2. The Balaban J connectivity index is 2.48. The lowest BCUT2D eigenvalue weighted by molar-refractivity contribution is -0.139. The van der Waals surface area contributed by atoms with E-state index in [0.29, 0.717) is 23.3 Å². The number of nitrogens with two attached hydrogens (primary N) is 1. The van der Waals surface area contributed by atoms with Gasteiger partial charge in [-0.1, -0.05) is 0 Å². The van der Waals surface area contributed by atoms with Crippen LogP contribution in [0.3, 0.4) is 0 Å². The van der Waals surface area contributed by atoms with Gasteiger partial charge < -0.3 is 14.8 Å². The fourth-order valence-corrected chi connectivity index (χ4v) is 2.86. The quantitative estimate of drug-likeness (QED) is 0.837. The number of hydrogen-bond donors (Lipinski definition) is 2. The van der Waals surface area contributed by atoms with Crippen molar-refractivity contribution >= 4 is 21.4 Å². The average molecular weight is 376 g/mol. The second-order valence-corrected chi connectivity index (χ2v) is 6.51. The fraction of sp³-hybridized carbons (Fsp3) is 0.200. The van der Waals surface area contributed by atoms with Crippen molar-refractivity contribution in [3.63, 3.8) is 0 Å². The molecule has 0 saturated heterocycles. The summed E-state index contributed by atoms with van der Waals surface area (Å²) in [6.45, 7) is 0. The predicted molar refractivity (Wildman–Crippen MR) is 85.6 cm³/mol. The number of rotatable bonds is 5. The van der Waals surface area contributed by atoms with Crippen LogP contribution in [0.1, 0.15) is 5.56 Å². The number of nitrogens with one attached hydrogen (secondary N) is 1. The summed E-state index contributed by atoms with van der Waals surface area (Å²) in [6, 6.07) is 7.34. The summed E-state index contributed by atoms with van der Waals surface area (Å²) in [5, 5.41) is 7.60. The predicted octanol–water partition coefficient (Wildman–Crippen LogP) is 3.11. The van der Waals surface area contributed by atoms with Gasteiger partial charge in [-0.3, -0.25) is 0 Å². The van der Waals surface area contributed by atoms with E-state index in [9.17, 15) is 21.6 Å². The second-order valence-electron chi connectivity index (χ2n) is 4.98. The SMILES string of the molecule is COc1cc(Nc2ccc(S(N)(=O)=O)c(C(F)(F)F)c2)cc(OC)c1. The topological polar surface area (TPSA) is 90.6 Å². The van der Waals surface area contributed by atoms with Gasteiger partial charge in [0.1, 0.15) is 11.5 Å². The molecular weight excluding hydrogens is 361 g/mol. The monoisotopic (exact) mass is 376 g/mol. The third-order valence-electron chi connectivity index (χ3n) is 3.23. The van der Waals surface area contributed by atoms with E-state index in [1.807, 2.05) is 0 Å². The Kier molecular flexibility index (Phi) is 5.14. The molecule has 10 heteroatoms. The standard InChI is InChI=1S/C15H15F3N2O4S/c1-23-11-5-10(6-12(8-11)24-2)20-9-3-4-14(25(19,21)22)13(7-9)15(16,17)18/h3-8,20H,1-2H3,(H2,19,21,22). The molecule has 0 unspecified atom stereocenters. The highest BCUT2D eigenvalue weighted by Crippen LogP contribution is 2.36. The highest BCUT2D eigenvalue weighted by molar-refractivity contribution is 7.89. The Labute approximate surface area is 142 Å². The number of primary sulfonamides is 1. The van der Waals surface area contributed by atoms with Gasteiger partial charge in [0.25, 0.3) is 0 Å². The minimum atomic E-state index is -4.88. The zero-order valence-corrected chi connectivity index (χ0v) is 14.0. The molecule has 0 heterocycles. The minimum absolute atomic E-state index is 0.0232. The summed E-state index contributed by atoms with van der Waals surface area (Å²) in [7, 11) is -1.65. The van der Waals surface area contributed by atoms with Gasteiger partial charge in [-0.05, 0) is 18.2 Å². The molecule has 3 N–H and O–H groups in total. The molecule has 0 atom stereocenters. The van der Waals surface area contributed by atoms with Gasteiger partial charge in [-0.25, -0.2) is 13.6 Å². The van der Waals surface area contributed by atoms with Crippen LogP contribution in [0.5, 0.6) is 11.5 Å². The third kappa shape index (κ3) is 4.54. The van der Waals surface area contributed by atoms with Crippen LogP contribution in [0, 0.1) is 0 Å². The zero-order valence-electron chi connectivity index (χ0n) is 13.2. The van der Waals surface area contributed by atoms with Gasteiger partial charge in [0.15, 0.2) is 0 Å². The van der Waals surface area contributed by atoms with Gasteiger partial charge in [-0.2, -0.15) is 13.2 Å². The molecule has 2 aromatic rings. The lowest BCUT2D eigenvalue weighted by Crippen LogP contribution is -2.19. The molecule has 0 aliphatic heterocycles. The van der Waals surface area contributed by atoms with Gasteiger partial charge in [0.05, 0.1) is 24.7 Å². The summed E-state index contributed by atoms with van der Waals surface area (Å²) in [5.41, 5.74) is -0.933. The average Bonchev–Trinajstić information content (AvgIpc) is 2.52. The number of methoxy groups -OCH3 is 2. The first-order valence-corrected chi connectivity index (χ1v) is 8.33. The van der Waals surface area contributed by atoms with Gasteiger partial charge in [0, 0.05) is 29.6 Å². The number of benzene rings is 2. The van der Waals surface area contributed by atoms with Crippen molar-refractivity contribution in [1.82, 2.24) is 0 Å². The van der Waals surface area contributed by atoms with E-state index in [4.69, 9.17) is 14.6 Å². The highest BCUT2D eigenvalue weighted by atomic mass is 32.2. The van der Waals surface area contributed by atoms with Crippen LogP contribution in [-0.2, 0) is 16.2 Å². The normalized spacial score (nSPS) is 11.9. The maximum Gasteiger partial charge on any atom is 0.417 e. The maximum atomic E-state index is 13.1. The van der Waals surface area contributed by atoms with Crippen molar-refractivity contribution in [2.45, 2.75) is 11.1 Å². The first kappa shape index (κ1) is 18.9. The zero-order chi connectivity index (χ0) is 18.8. The summed E-state index contributed by atoms with van der Waals surface area (Å²) in [5.74, 6) is 0.859. The van der Waals surface area contributed by atoms with E-state index < -0.39 is 26.7 Å². The molecular formula is C15H15F3N2O4S. The van der Waals surface area contributed by atoms with Crippen molar-refractivity contribution in [3.05, 3.63) is 42.0 Å². The number of anilines is 2. The molecule has 0 aromatic heterocycles. The van der Waals surface area contributed by atoms with Crippen LogP contribution in [-0.4, -0.2) is 22.6 Å². The minimum Gasteiger partial charge on any atom is -0.497 e. The molecule has 2 rings (SSSR count). The van der Waals surface area contributed by atoms with Crippen molar-refractivity contribution in [2.24, 2.45) is 5.14 Å². The summed E-state index contributed by atoms with van der Waals surface area (Å²) in [6.07, 6.45) is -4.88. The second kappa shape index (κ2) is 6.81. The molecule has 136 valence electrons. The largest absolute Gasteiger partial charge is 0.497 e. The van der Waals surface area contributed by atoms with E-state index in [1.54, 1.807) is 18.2 Å². The Morgan fingerprint density at radius 2 is 1.52 bits per heavy atom. The van der Waals surface area contributed by atoms with Crippen LogP contribution in [0.15, 0.2) is 41.3 Å². The summed E-state index contributed by atoms with van der Waals surface area (Å²) in [4.78, 5) is -0.992.